The first-order chi connectivity index (χ1) is 7.06. The molecule has 0 spiro atoms. The highest BCUT2D eigenvalue weighted by molar-refractivity contribution is 6.00. The number of nitrogens with two attached hydrogens (primary N) is 1. The zero-order chi connectivity index (χ0) is 11.4. The standard InChI is InChI=1S/C13H17NO/c1-4-5-12(14)13(15)11-7-6-9(2)10(3)8-11/h4,6-8,12H,1,5,14H2,2-3H3. The van der Waals surface area contributed by atoms with Crippen LogP contribution in [-0.2, 0) is 0 Å². The van der Waals surface area contributed by atoms with Gasteiger partial charge in [-0.05, 0) is 37.5 Å². The number of aryl methyl sites for hydroxylation is 2. The second kappa shape index (κ2) is 4.89. The van der Waals surface area contributed by atoms with E-state index in [9.17, 15) is 4.79 Å². The van der Waals surface area contributed by atoms with Crippen LogP contribution in [-0.4, -0.2) is 11.8 Å². The number of Topliss-reactive ketones (excluding diaryl/α,β-unsaturated/α-hetero) is 1. The van der Waals surface area contributed by atoms with Crippen LogP contribution < -0.4 is 5.73 Å². The van der Waals surface area contributed by atoms with Crippen LogP contribution in [0.25, 0.3) is 0 Å². The summed E-state index contributed by atoms with van der Waals surface area (Å²) in [5.74, 6) is -0.0157. The SMILES string of the molecule is C=CCC(N)C(=O)c1ccc(C)c(C)c1. The third kappa shape index (κ3) is 2.77. The predicted molar refractivity (Wildman–Crippen MR) is 63.0 cm³/mol. The van der Waals surface area contributed by atoms with Crippen LogP contribution in [0.5, 0.6) is 0 Å². The number of hydrogen-bond acceptors (Lipinski definition) is 2. The van der Waals surface area contributed by atoms with Gasteiger partial charge in [0.1, 0.15) is 0 Å². The van der Waals surface area contributed by atoms with Gasteiger partial charge in [-0.15, -0.1) is 6.58 Å². The number of rotatable bonds is 4. The summed E-state index contributed by atoms with van der Waals surface area (Å²) >= 11 is 0. The number of hydrogen-bond donors (Lipinski definition) is 1. The molecule has 1 rings (SSSR count). The van der Waals surface area contributed by atoms with Crippen LogP contribution >= 0.6 is 0 Å². The zero-order valence-corrected chi connectivity index (χ0v) is 9.29. The molecule has 0 aromatic heterocycles. The fraction of sp³-hybridized carbons (Fsp3) is 0.308. The fourth-order valence-corrected chi connectivity index (χ4v) is 1.40. The molecule has 0 aliphatic carbocycles. The van der Waals surface area contributed by atoms with E-state index < -0.39 is 6.04 Å². The molecule has 0 bridgehead atoms. The van der Waals surface area contributed by atoms with E-state index in [1.807, 2.05) is 32.0 Å². The lowest BCUT2D eigenvalue weighted by Crippen LogP contribution is -2.29. The second-order valence-electron chi connectivity index (χ2n) is 3.79. The van der Waals surface area contributed by atoms with E-state index in [0.717, 1.165) is 5.56 Å². The van der Waals surface area contributed by atoms with E-state index in [2.05, 4.69) is 6.58 Å². The van der Waals surface area contributed by atoms with Gasteiger partial charge in [-0.25, -0.2) is 0 Å². The molecule has 1 aromatic rings. The minimum atomic E-state index is -0.468. The van der Waals surface area contributed by atoms with Crippen molar-refractivity contribution in [3.8, 4) is 0 Å². The summed E-state index contributed by atoms with van der Waals surface area (Å²) in [6.07, 6.45) is 2.19. The lowest BCUT2D eigenvalue weighted by atomic mass is 9.99. The van der Waals surface area contributed by atoms with Crippen molar-refractivity contribution in [2.45, 2.75) is 26.3 Å². The van der Waals surface area contributed by atoms with Gasteiger partial charge in [0.2, 0.25) is 0 Å². The summed E-state index contributed by atoms with van der Waals surface area (Å²) in [5, 5.41) is 0. The Hall–Kier alpha value is -1.41. The molecule has 2 N–H and O–H groups in total. The van der Waals surface area contributed by atoms with E-state index in [4.69, 9.17) is 5.73 Å². The van der Waals surface area contributed by atoms with E-state index in [-0.39, 0.29) is 5.78 Å². The van der Waals surface area contributed by atoms with Crippen molar-refractivity contribution in [2.75, 3.05) is 0 Å². The Morgan fingerprint density at radius 1 is 1.47 bits per heavy atom. The summed E-state index contributed by atoms with van der Waals surface area (Å²) in [5.41, 5.74) is 8.72. The topological polar surface area (TPSA) is 43.1 Å². The maximum atomic E-state index is 11.8. The molecule has 1 aromatic carbocycles. The smallest absolute Gasteiger partial charge is 0.179 e. The predicted octanol–water partition coefficient (Wildman–Crippen LogP) is 2.39. The molecule has 0 aliphatic rings. The Bertz CT molecular complexity index is 382. The largest absolute Gasteiger partial charge is 0.321 e. The second-order valence-corrected chi connectivity index (χ2v) is 3.79. The van der Waals surface area contributed by atoms with Gasteiger partial charge in [-0.1, -0.05) is 18.2 Å². The number of benzene rings is 1. The third-order valence-corrected chi connectivity index (χ3v) is 2.55. The molecule has 2 heteroatoms. The highest BCUT2D eigenvalue weighted by atomic mass is 16.1. The minimum Gasteiger partial charge on any atom is -0.321 e. The molecule has 0 aliphatic heterocycles. The van der Waals surface area contributed by atoms with E-state index in [1.54, 1.807) is 6.08 Å². The van der Waals surface area contributed by atoms with Gasteiger partial charge >= 0.3 is 0 Å². The van der Waals surface area contributed by atoms with Gasteiger partial charge in [0.15, 0.2) is 5.78 Å². The maximum absolute atomic E-state index is 11.8. The Balaban J connectivity index is 2.91. The van der Waals surface area contributed by atoms with Crippen LogP contribution in [0, 0.1) is 13.8 Å². The quantitative estimate of drug-likeness (QED) is 0.603. The van der Waals surface area contributed by atoms with Gasteiger partial charge in [0, 0.05) is 5.56 Å². The van der Waals surface area contributed by atoms with E-state index in [0.29, 0.717) is 12.0 Å². The lowest BCUT2D eigenvalue weighted by molar-refractivity contribution is 0.0962. The molecule has 0 heterocycles. The molecule has 15 heavy (non-hydrogen) atoms. The van der Waals surface area contributed by atoms with Crippen molar-refractivity contribution in [1.29, 1.82) is 0 Å². The van der Waals surface area contributed by atoms with Gasteiger partial charge in [0.25, 0.3) is 0 Å². The molecule has 0 amide bonds. The van der Waals surface area contributed by atoms with Gasteiger partial charge in [0.05, 0.1) is 6.04 Å². The van der Waals surface area contributed by atoms with E-state index in [1.165, 1.54) is 5.56 Å². The molecule has 0 saturated carbocycles. The van der Waals surface area contributed by atoms with Crippen molar-refractivity contribution < 1.29 is 4.79 Å². The summed E-state index contributed by atoms with van der Waals surface area (Å²) in [6, 6.07) is 5.20. The molecule has 0 saturated heterocycles. The molecular formula is C13H17NO. The van der Waals surface area contributed by atoms with Crippen molar-refractivity contribution >= 4 is 5.78 Å². The van der Waals surface area contributed by atoms with Crippen LogP contribution in [0.2, 0.25) is 0 Å². The monoisotopic (exact) mass is 203 g/mol. The minimum absolute atomic E-state index is 0.0157. The number of carbonyl (C=O) groups excluding carboxylic acids is 1. The van der Waals surface area contributed by atoms with Crippen molar-refractivity contribution in [3.05, 3.63) is 47.5 Å². The lowest BCUT2D eigenvalue weighted by Gasteiger charge is -2.09. The molecule has 2 nitrogen and oxygen atoms in total. The summed E-state index contributed by atoms with van der Waals surface area (Å²) < 4.78 is 0. The highest BCUT2D eigenvalue weighted by Crippen LogP contribution is 2.12. The van der Waals surface area contributed by atoms with Crippen molar-refractivity contribution in [3.63, 3.8) is 0 Å². The first kappa shape index (κ1) is 11.7. The maximum Gasteiger partial charge on any atom is 0.179 e. The Morgan fingerprint density at radius 2 is 2.13 bits per heavy atom. The zero-order valence-electron chi connectivity index (χ0n) is 9.29. The summed E-state index contributed by atoms with van der Waals surface area (Å²) in [6.45, 7) is 7.59. The van der Waals surface area contributed by atoms with Crippen LogP contribution in [0.15, 0.2) is 30.9 Å². The third-order valence-electron chi connectivity index (χ3n) is 2.55. The van der Waals surface area contributed by atoms with Crippen molar-refractivity contribution in [1.82, 2.24) is 0 Å². The van der Waals surface area contributed by atoms with Crippen LogP contribution in [0.4, 0.5) is 0 Å². The Labute approximate surface area is 90.8 Å². The van der Waals surface area contributed by atoms with Crippen LogP contribution in [0.1, 0.15) is 27.9 Å². The summed E-state index contributed by atoms with van der Waals surface area (Å²) in [4.78, 5) is 11.8. The number of ketones is 1. The normalized spacial score (nSPS) is 12.2. The van der Waals surface area contributed by atoms with Crippen LogP contribution in [0.3, 0.4) is 0 Å². The molecule has 1 unspecified atom stereocenters. The van der Waals surface area contributed by atoms with Gasteiger partial charge < -0.3 is 5.73 Å². The van der Waals surface area contributed by atoms with Gasteiger partial charge in [-0.3, -0.25) is 4.79 Å². The average Bonchev–Trinajstić information content (AvgIpc) is 2.21. The first-order valence-corrected chi connectivity index (χ1v) is 5.04. The highest BCUT2D eigenvalue weighted by Gasteiger charge is 2.14. The molecule has 0 radical (unpaired) electrons. The molecular weight excluding hydrogens is 186 g/mol. The fourth-order valence-electron chi connectivity index (χ4n) is 1.40. The van der Waals surface area contributed by atoms with Crippen molar-refractivity contribution in [2.24, 2.45) is 5.73 Å². The molecule has 0 fully saturated rings. The Kier molecular flexibility index (Phi) is 3.81. The summed E-state index contributed by atoms with van der Waals surface area (Å²) in [7, 11) is 0. The van der Waals surface area contributed by atoms with E-state index >= 15 is 0 Å². The first-order valence-electron chi connectivity index (χ1n) is 5.04. The van der Waals surface area contributed by atoms with Gasteiger partial charge in [-0.2, -0.15) is 0 Å². The molecule has 80 valence electrons. The average molecular weight is 203 g/mol. The molecule has 1 atom stereocenters. The Morgan fingerprint density at radius 3 is 2.67 bits per heavy atom. The number of carbonyl (C=O) groups is 1.